The highest BCUT2D eigenvalue weighted by molar-refractivity contribution is 6.24. The molecule has 3 aliphatic heterocycles. The van der Waals surface area contributed by atoms with Crippen molar-refractivity contribution in [3.8, 4) is 23.0 Å². The SMILES string of the molecule is CO[C@H]1/C=C/O[C@@]2(C)Oc3c(C)c(O)c4c(O)c(c(/C=N/N(C)c5ccccc5)c(O)c4c3C2=O)NC(=O)/C(C)=C\C=C\[C@H](C)[C@H](O)[C@@H](C)[C@@H](O)[C@@H](C)[C@H](OC(C)=O)[C@@H]1C. The molecule has 0 radical (unpaired) electrons. The van der Waals surface area contributed by atoms with Crippen molar-refractivity contribution in [2.45, 2.75) is 85.6 Å². The van der Waals surface area contributed by atoms with Crippen molar-refractivity contribution in [3.63, 3.8) is 0 Å². The van der Waals surface area contributed by atoms with Crippen molar-refractivity contribution < 1.29 is 58.9 Å². The van der Waals surface area contributed by atoms with Crippen molar-refractivity contribution in [2.75, 3.05) is 24.5 Å². The van der Waals surface area contributed by atoms with Gasteiger partial charge in [0.2, 0.25) is 0 Å². The lowest BCUT2D eigenvalue weighted by molar-refractivity contribution is -0.160. The molecule has 0 unspecified atom stereocenters. The molecule has 3 heterocycles. The summed E-state index contributed by atoms with van der Waals surface area (Å²) in [6, 6.07) is 9.03. The number of ketones is 1. The van der Waals surface area contributed by atoms with E-state index in [0.717, 1.165) is 0 Å². The first-order valence-electron chi connectivity index (χ1n) is 19.7. The molecule has 3 aromatic rings. The summed E-state index contributed by atoms with van der Waals surface area (Å²) in [7, 11) is 3.08. The largest absolute Gasteiger partial charge is 0.507 e. The summed E-state index contributed by atoms with van der Waals surface area (Å²) in [5.41, 5.74) is 0.150. The number of benzene rings is 3. The number of phenolic OH excluding ortho intramolecular Hbond substituents is 3. The molecule has 0 fully saturated rings. The quantitative estimate of drug-likeness (QED) is 0.0554. The zero-order valence-electron chi connectivity index (χ0n) is 35.5. The number of nitrogens with one attached hydrogen (secondary N) is 1. The van der Waals surface area contributed by atoms with Gasteiger partial charge in [0, 0.05) is 68.2 Å². The summed E-state index contributed by atoms with van der Waals surface area (Å²) >= 11 is 0. The number of nitrogens with zero attached hydrogens (tertiary/aromatic N) is 2. The van der Waals surface area contributed by atoms with Gasteiger partial charge in [0.15, 0.2) is 5.75 Å². The van der Waals surface area contributed by atoms with Crippen LogP contribution in [-0.4, -0.2) is 93.8 Å². The number of aliphatic hydroxyl groups excluding tert-OH is 2. The number of amides is 1. The second-order valence-electron chi connectivity index (χ2n) is 15.7. The summed E-state index contributed by atoms with van der Waals surface area (Å²) < 4.78 is 23.6. The van der Waals surface area contributed by atoms with E-state index >= 15 is 0 Å². The van der Waals surface area contributed by atoms with Crippen LogP contribution in [0.1, 0.15) is 70.0 Å². The van der Waals surface area contributed by atoms with Crippen LogP contribution in [0.25, 0.3) is 10.8 Å². The van der Waals surface area contributed by atoms with E-state index in [9.17, 15) is 39.9 Å². The minimum Gasteiger partial charge on any atom is -0.507 e. The van der Waals surface area contributed by atoms with Gasteiger partial charge in [0.1, 0.15) is 23.4 Å². The molecular weight excluding hydrogens is 775 g/mol. The molecule has 3 aromatic carbocycles. The summed E-state index contributed by atoms with van der Waals surface area (Å²) in [6.45, 7) is 12.5. The number of methoxy groups -OCH3 is 1. The predicted octanol–water partition coefficient (Wildman–Crippen LogP) is 6.22. The number of hydrogen-bond donors (Lipinski definition) is 6. The number of phenols is 3. The van der Waals surface area contributed by atoms with Crippen molar-refractivity contribution in [2.24, 2.45) is 28.8 Å². The zero-order valence-corrected chi connectivity index (χ0v) is 35.5. The van der Waals surface area contributed by atoms with Gasteiger partial charge in [-0.2, -0.15) is 5.10 Å². The molecule has 0 aliphatic carbocycles. The first-order chi connectivity index (χ1) is 28.2. The smallest absolute Gasteiger partial charge is 0.312 e. The lowest BCUT2D eigenvalue weighted by Gasteiger charge is -2.38. The van der Waals surface area contributed by atoms with Crippen LogP contribution in [0, 0.1) is 30.6 Å². The number of para-hydroxylation sites is 1. The van der Waals surface area contributed by atoms with Gasteiger partial charge in [0.05, 0.1) is 58.7 Å². The van der Waals surface area contributed by atoms with E-state index in [1.807, 2.05) is 6.07 Å². The van der Waals surface area contributed by atoms with Gasteiger partial charge in [0.25, 0.3) is 11.7 Å². The highest BCUT2D eigenvalue weighted by Crippen LogP contribution is 2.55. The molecule has 0 aromatic heterocycles. The van der Waals surface area contributed by atoms with Crippen LogP contribution < -0.4 is 15.1 Å². The van der Waals surface area contributed by atoms with E-state index in [1.165, 1.54) is 64.4 Å². The molecule has 15 heteroatoms. The molecule has 0 spiro atoms. The minimum absolute atomic E-state index is 0.0387. The number of esters is 1. The minimum atomic E-state index is -2.06. The second-order valence-corrected chi connectivity index (χ2v) is 15.7. The van der Waals surface area contributed by atoms with Gasteiger partial charge in [-0.15, -0.1) is 0 Å². The summed E-state index contributed by atoms with van der Waals surface area (Å²) in [4.78, 5) is 40.5. The number of carbonyl (C=O) groups is 3. The van der Waals surface area contributed by atoms with E-state index in [4.69, 9.17) is 18.9 Å². The second kappa shape index (κ2) is 18.2. The molecule has 0 saturated heterocycles. The summed E-state index contributed by atoms with van der Waals surface area (Å²) in [5.74, 6) is -8.57. The summed E-state index contributed by atoms with van der Waals surface area (Å²) in [5, 5.41) is 66.5. The fourth-order valence-corrected chi connectivity index (χ4v) is 7.73. The zero-order chi connectivity index (χ0) is 44.4. The lowest BCUT2D eigenvalue weighted by Crippen LogP contribution is -2.46. The normalized spacial score (nSPS) is 29.7. The molecule has 3 aliphatic rings. The average Bonchev–Trinajstić information content (AvgIpc) is 3.49. The van der Waals surface area contributed by atoms with Gasteiger partial charge in [-0.3, -0.25) is 19.4 Å². The van der Waals surface area contributed by atoms with Crippen LogP contribution in [-0.2, 0) is 23.8 Å². The summed E-state index contributed by atoms with van der Waals surface area (Å²) in [6.07, 6.45) is 4.68. The number of Topliss-reactive ketones (excluding diaryl/α,β-unsaturated/α-hetero) is 1. The van der Waals surface area contributed by atoms with Gasteiger partial charge < -0.3 is 49.8 Å². The van der Waals surface area contributed by atoms with Crippen LogP contribution in [0.2, 0.25) is 0 Å². The van der Waals surface area contributed by atoms with E-state index in [0.29, 0.717) is 5.69 Å². The topological polar surface area (TPSA) is 217 Å². The maximum absolute atomic E-state index is 14.4. The Hall–Kier alpha value is -5.90. The molecule has 6 N–H and O–H groups in total. The van der Waals surface area contributed by atoms with Crippen molar-refractivity contribution in [1.29, 1.82) is 0 Å². The molecule has 6 rings (SSSR count). The first-order valence-corrected chi connectivity index (χ1v) is 19.7. The molecule has 0 saturated carbocycles. The third-order valence-electron chi connectivity index (χ3n) is 11.5. The molecule has 15 nitrogen and oxygen atoms in total. The van der Waals surface area contributed by atoms with E-state index < -0.39 is 88.8 Å². The Labute approximate surface area is 349 Å². The van der Waals surface area contributed by atoms with Crippen LogP contribution >= 0.6 is 0 Å². The van der Waals surface area contributed by atoms with Crippen LogP contribution in [0.3, 0.4) is 0 Å². The van der Waals surface area contributed by atoms with Crippen molar-refractivity contribution in [3.05, 3.63) is 83.2 Å². The number of aromatic hydroxyl groups is 3. The Kier molecular flexibility index (Phi) is 13.7. The number of anilines is 2. The number of rotatable bonds is 5. The number of aliphatic hydroxyl groups is 2. The lowest BCUT2D eigenvalue weighted by atomic mass is 9.78. The molecular formula is C45H55N3O12. The highest BCUT2D eigenvalue weighted by Gasteiger charge is 2.50. The number of fused-ring (bicyclic) bond motifs is 14. The number of allylic oxidation sites excluding steroid dienone is 2. The number of hydrogen-bond acceptors (Lipinski definition) is 14. The van der Waals surface area contributed by atoms with E-state index in [2.05, 4.69) is 10.4 Å². The highest BCUT2D eigenvalue weighted by atomic mass is 16.7. The Bertz CT molecular complexity index is 2250. The van der Waals surface area contributed by atoms with E-state index in [1.54, 1.807) is 71.2 Å². The fraction of sp³-hybridized carbons (Fsp3) is 0.422. The van der Waals surface area contributed by atoms with Crippen molar-refractivity contribution >= 4 is 46.0 Å². The van der Waals surface area contributed by atoms with Gasteiger partial charge in [-0.05, 0) is 32.1 Å². The molecule has 1 amide bonds. The average molecular weight is 830 g/mol. The third kappa shape index (κ3) is 8.69. The maximum atomic E-state index is 14.4. The number of ether oxygens (including phenoxy) is 4. The van der Waals surface area contributed by atoms with E-state index in [-0.39, 0.29) is 44.5 Å². The standard InChI is InChI=1S/C45H55N3O12/c1-22-15-14-16-23(2)44(56)47-35-30(21-46-48(9)29-17-12-11-13-18-29)39(53)32-33(40(35)54)38(52)27(6)42-34(32)43(55)45(8,60-42)58-20-19-31(57-10)24(3)41(59-28(7)49)26(5)37(51)25(4)36(22)50/h11-22,24-26,31,36-37,41,50-54H,1-10H3,(H,47,56)/b15-14+,20-19+,23-16-,46-21+/t22-,24+,25+,26+,31-,36-,37+,41+,45-/m0/s1. The van der Waals surface area contributed by atoms with Crippen LogP contribution in [0.5, 0.6) is 23.0 Å². The molecule has 5 bridgehead atoms. The van der Waals surface area contributed by atoms with Crippen LogP contribution in [0.15, 0.2) is 71.6 Å². The number of hydrazone groups is 1. The Morgan fingerprint density at radius 3 is 2.23 bits per heavy atom. The predicted molar refractivity (Wildman–Crippen MR) is 226 cm³/mol. The monoisotopic (exact) mass is 829 g/mol. The first kappa shape index (κ1) is 45.2. The third-order valence-corrected chi connectivity index (χ3v) is 11.5. The van der Waals surface area contributed by atoms with Gasteiger partial charge >= 0.3 is 11.8 Å². The van der Waals surface area contributed by atoms with Crippen molar-refractivity contribution in [1.82, 2.24) is 0 Å². The number of carbonyl (C=O) groups excluding carboxylic acids is 3. The van der Waals surface area contributed by atoms with Gasteiger partial charge in [-0.25, -0.2) is 0 Å². The molecule has 60 heavy (non-hydrogen) atoms. The maximum Gasteiger partial charge on any atom is 0.312 e. The van der Waals surface area contributed by atoms with Gasteiger partial charge in [-0.1, -0.05) is 64.1 Å². The Balaban J connectivity index is 1.73. The Morgan fingerprint density at radius 1 is 0.933 bits per heavy atom. The Morgan fingerprint density at radius 2 is 1.60 bits per heavy atom. The molecule has 322 valence electrons. The van der Waals surface area contributed by atoms with Crippen LogP contribution in [0.4, 0.5) is 11.4 Å². The fourth-order valence-electron chi connectivity index (χ4n) is 7.73. The molecule has 9 atom stereocenters.